The van der Waals surface area contributed by atoms with Gasteiger partial charge in [0.05, 0.1) is 11.4 Å². The standard InChI is InChI=1S/C9H13N3OS/c1-3-7(14-2)9(13)12-8-6-10-4-5-11-8/h4-7H,3H2,1-2H3,(H,11,12,13)/t7-/m0/s1. The lowest BCUT2D eigenvalue weighted by atomic mass is 10.3. The SMILES string of the molecule is CC[C@H](SC)C(=O)Nc1cnccn1. The predicted octanol–water partition coefficient (Wildman–Crippen LogP) is 1.56. The molecule has 0 saturated carbocycles. The third kappa shape index (κ3) is 2.99. The first-order valence-electron chi connectivity index (χ1n) is 4.37. The van der Waals surface area contributed by atoms with Crippen LogP contribution in [-0.4, -0.2) is 27.4 Å². The average molecular weight is 211 g/mol. The molecule has 76 valence electrons. The van der Waals surface area contributed by atoms with Crippen LogP contribution < -0.4 is 5.32 Å². The van der Waals surface area contributed by atoms with Gasteiger partial charge in [0, 0.05) is 12.4 Å². The van der Waals surface area contributed by atoms with Gasteiger partial charge in [0.2, 0.25) is 5.91 Å². The molecule has 0 aliphatic rings. The Morgan fingerprint density at radius 2 is 2.43 bits per heavy atom. The van der Waals surface area contributed by atoms with Crippen LogP contribution in [0.1, 0.15) is 13.3 Å². The number of hydrogen-bond donors (Lipinski definition) is 1. The molecule has 0 fully saturated rings. The maximum atomic E-state index is 11.6. The molecule has 0 saturated heterocycles. The second-order valence-electron chi connectivity index (χ2n) is 2.71. The molecule has 0 aliphatic heterocycles. The molecule has 0 aromatic carbocycles. The number of nitrogens with one attached hydrogen (secondary N) is 1. The van der Waals surface area contributed by atoms with Crippen LogP contribution in [0.3, 0.4) is 0 Å². The second-order valence-corrected chi connectivity index (χ2v) is 3.75. The molecule has 0 unspecified atom stereocenters. The molecule has 0 spiro atoms. The van der Waals surface area contributed by atoms with E-state index in [9.17, 15) is 4.79 Å². The van der Waals surface area contributed by atoms with Gasteiger partial charge in [-0.15, -0.1) is 0 Å². The fourth-order valence-corrected chi connectivity index (χ4v) is 1.64. The molecule has 1 aromatic rings. The molecule has 14 heavy (non-hydrogen) atoms. The topological polar surface area (TPSA) is 54.9 Å². The highest BCUT2D eigenvalue weighted by atomic mass is 32.2. The molecule has 1 amide bonds. The molecule has 1 heterocycles. The zero-order valence-corrected chi connectivity index (χ0v) is 9.04. The molecule has 1 aromatic heterocycles. The van der Waals surface area contributed by atoms with Gasteiger partial charge in [-0.05, 0) is 12.7 Å². The summed E-state index contributed by atoms with van der Waals surface area (Å²) >= 11 is 1.54. The molecule has 0 bridgehead atoms. The molecule has 1 rings (SSSR count). The molecule has 5 heteroatoms. The smallest absolute Gasteiger partial charge is 0.238 e. The fraction of sp³-hybridized carbons (Fsp3) is 0.444. The quantitative estimate of drug-likeness (QED) is 0.821. The molecule has 0 aliphatic carbocycles. The minimum atomic E-state index is -0.0167. The molecule has 1 atom stereocenters. The Kier molecular flexibility index (Phi) is 4.39. The van der Waals surface area contributed by atoms with Crippen LogP contribution in [0, 0.1) is 0 Å². The second kappa shape index (κ2) is 5.59. The Hall–Kier alpha value is -1.10. The number of carbonyl (C=O) groups is 1. The highest BCUT2D eigenvalue weighted by Crippen LogP contribution is 2.12. The van der Waals surface area contributed by atoms with Crippen molar-refractivity contribution in [3.63, 3.8) is 0 Å². The lowest BCUT2D eigenvalue weighted by molar-refractivity contribution is -0.115. The zero-order valence-electron chi connectivity index (χ0n) is 8.23. The van der Waals surface area contributed by atoms with E-state index in [2.05, 4.69) is 15.3 Å². The van der Waals surface area contributed by atoms with Gasteiger partial charge in [0.1, 0.15) is 0 Å². The monoisotopic (exact) mass is 211 g/mol. The molecule has 0 radical (unpaired) electrons. The van der Waals surface area contributed by atoms with Crippen LogP contribution in [0.2, 0.25) is 0 Å². The number of aromatic nitrogens is 2. The fourth-order valence-electron chi connectivity index (χ4n) is 1.03. The first kappa shape index (κ1) is 11.0. The number of rotatable bonds is 4. The van der Waals surface area contributed by atoms with Gasteiger partial charge < -0.3 is 5.32 Å². The first-order valence-corrected chi connectivity index (χ1v) is 5.66. The third-order valence-corrected chi connectivity index (χ3v) is 2.88. The van der Waals surface area contributed by atoms with Gasteiger partial charge in [0.25, 0.3) is 0 Å². The Bertz CT molecular complexity index is 287. The number of nitrogens with zero attached hydrogens (tertiary/aromatic N) is 2. The van der Waals surface area contributed by atoms with Crippen molar-refractivity contribution in [2.75, 3.05) is 11.6 Å². The summed E-state index contributed by atoms with van der Waals surface area (Å²) in [7, 11) is 0. The van der Waals surface area contributed by atoms with Crippen LogP contribution in [0.15, 0.2) is 18.6 Å². The van der Waals surface area contributed by atoms with Gasteiger partial charge in [-0.3, -0.25) is 9.78 Å². The van der Waals surface area contributed by atoms with Gasteiger partial charge >= 0.3 is 0 Å². The number of amides is 1. The van der Waals surface area contributed by atoms with Crippen molar-refractivity contribution in [1.29, 1.82) is 0 Å². The number of carbonyl (C=O) groups excluding carboxylic acids is 1. The highest BCUT2D eigenvalue weighted by Gasteiger charge is 2.14. The molecule has 1 N–H and O–H groups in total. The van der Waals surface area contributed by atoms with Crippen molar-refractivity contribution >= 4 is 23.5 Å². The van der Waals surface area contributed by atoms with Crippen LogP contribution in [0.4, 0.5) is 5.82 Å². The maximum Gasteiger partial charge on any atom is 0.238 e. The molecular formula is C9H13N3OS. The van der Waals surface area contributed by atoms with E-state index < -0.39 is 0 Å². The summed E-state index contributed by atoms with van der Waals surface area (Å²) in [6.07, 6.45) is 7.39. The summed E-state index contributed by atoms with van der Waals surface area (Å²) in [6, 6.07) is 0. The van der Waals surface area contributed by atoms with Gasteiger partial charge in [-0.1, -0.05) is 6.92 Å². The van der Waals surface area contributed by atoms with Crippen LogP contribution >= 0.6 is 11.8 Å². The minimum Gasteiger partial charge on any atom is -0.308 e. The zero-order chi connectivity index (χ0) is 10.4. The molecular weight excluding hydrogens is 198 g/mol. The van der Waals surface area contributed by atoms with Crippen LogP contribution in [-0.2, 0) is 4.79 Å². The molecule has 4 nitrogen and oxygen atoms in total. The summed E-state index contributed by atoms with van der Waals surface area (Å²) < 4.78 is 0. The Morgan fingerprint density at radius 1 is 1.64 bits per heavy atom. The van der Waals surface area contributed by atoms with Crippen molar-refractivity contribution in [1.82, 2.24) is 9.97 Å². The van der Waals surface area contributed by atoms with Crippen LogP contribution in [0.25, 0.3) is 0 Å². The van der Waals surface area contributed by atoms with Crippen molar-refractivity contribution in [2.45, 2.75) is 18.6 Å². The van der Waals surface area contributed by atoms with E-state index >= 15 is 0 Å². The third-order valence-electron chi connectivity index (χ3n) is 1.76. The lowest BCUT2D eigenvalue weighted by Crippen LogP contribution is -2.24. The van der Waals surface area contributed by atoms with E-state index in [1.54, 1.807) is 12.4 Å². The van der Waals surface area contributed by atoms with E-state index in [0.29, 0.717) is 5.82 Å². The van der Waals surface area contributed by atoms with Crippen molar-refractivity contribution in [2.24, 2.45) is 0 Å². The summed E-state index contributed by atoms with van der Waals surface area (Å²) in [4.78, 5) is 19.4. The average Bonchev–Trinajstić information content (AvgIpc) is 2.21. The maximum absolute atomic E-state index is 11.6. The van der Waals surface area contributed by atoms with E-state index in [4.69, 9.17) is 0 Å². The minimum absolute atomic E-state index is 0.0134. The van der Waals surface area contributed by atoms with E-state index in [-0.39, 0.29) is 11.2 Å². The van der Waals surface area contributed by atoms with Crippen molar-refractivity contribution in [3.05, 3.63) is 18.6 Å². The summed E-state index contributed by atoms with van der Waals surface area (Å²) in [5.74, 6) is 0.491. The van der Waals surface area contributed by atoms with Crippen molar-refractivity contribution in [3.8, 4) is 0 Å². The lowest BCUT2D eigenvalue weighted by Gasteiger charge is -2.10. The van der Waals surface area contributed by atoms with Crippen molar-refractivity contribution < 1.29 is 4.79 Å². The van der Waals surface area contributed by atoms with Gasteiger partial charge in [-0.2, -0.15) is 11.8 Å². The largest absolute Gasteiger partial charge is 0.308 e. The first-order chi connectivity index (χ1) is 6.77. The summed E-state index contributed by atoms with van der Waals surface area (Å²) in [6.45, 7) is 1.98. The number of thioether (sulfide) groups is 1. The predicted molar refractivity (Wildman–Crippen MR) is 58.3 cm³/mol. The highest BCUT2D eigenvalue weighted by molar-refractivity contribution is 7.99. The number of anilines is 1. The van der Waals surface area contributed by atoms with E-state index in [1.807, 2.05) is 13.2 Å². The number of hydrogen-bond acceptors (Lipinski definition) is 4. The van der Waals surface area contributed by atoms with E-state index in [1.165, 1.54) is 18.0 Å². The van der Waals surface area contributed by atoms with Gasteiger partial charge in [0.15, 0.2) is 5.82 Å². The normalized spacial score (nSPS) is 12.1. The summed E-state index contributed by atoms with van der Waals surface area (Å²) in [5, 5.41) is 2.69. The van der Waals surface area contributed by atoms with Gasteiger partial charge in [-0.25, -0.2) is 4.98 Å². The summed E-state index contributed by atoms with van der Waals surface area (Å²) in [5.41, 5.74) is 0. The Labute approximate surface area is 87.5 Å². The Morgan fingerprint density at radius 3 is 2.93 bits per heavy atom. The Balaban J connectivity index is 2.57. The van der Waals surface area contributed by atoms with E-state index in [0.717, 1.165) is 6.42 Å². The van der Waals surface area contributed by atoms with Crippen LogP contribution in [0.5, 0.6) is 0 Å².